The van der Waals surface area contributed by atoms with Crippen LogP contribution in [0.2, 0.25) is 0 Å². The van der Waals surface area contributed by atoms with Crippen LogP contribution in [0.5, 0.6) is 0 Å². The summed E-state index contributed by atoms with van der Waals surface area (Å²) in [5.74, 6) is 0.990. The van der Waals surface area contributed by atoms with Crippen molar-refractivity contribution < 1.29 is 0 Å². The van der Waals surface area contributed by atoms with Crippen LogP contribution in [0.3, 0.4) is 0 Å². The molecule has 0 heterocycles. The highest BCUT2D eigenvalue weighted by Gasteiger charge is 2.13. The van der Waals surface area contributed by atoms with Gasteiger partial charge in [0.25, 0.3) is 0 Å². The maximum atomic E-state index is 9.27. The normalized spacial score (nSPS) is 10.2. The Kier molecular flexibility index (Phi) is 4.70. The Bertz CT molecular complexity index is 393. The molecule has 3 heteroatoms. The summed E-state index contributed by atoms with van der Waals surface area (Å²) in [4.78, 5) is 3.22. The van der Waals surface area contributed by atoms with E-state index in [1.807, 2.05) is 25.2 Å². The molecule has 1 aromatic carbocycles. The van der Waals surface area contributed by atoms with Crippen LogP contribution >= 0.6 is 11.8 Å². The second-order valence-corrected chi connectivity index (χ2v) is 5.21. The van der Waals surface area contributed by atoms with E-state index in [4.69, 9.17) is 0 Å². The molecular weight excluding hydrogens is 216 g/mol. The number of rotatable bonds is 4. The molecule has 1 aromatic rings. The molecule has 0 aliphatic rings. The van der Waals surface area contributed by atoms with E-state index in [1.165, 1.54) is 0 Å². The highest BCUT2D eigenvalue weighted by atomic mass is 32.2. The minimum absolute atomic E-state index is 0.397. The van der Waals surface area contributed by atoms with E-state index in [-0.39, 0.29) is 0 Å². The van der Waals surface area contributed by atoms with Crippen molar-refractivity contribution in [1.29, 1.82) is 5.26 Å². The van der Waals surface area contributed by atoms with Gasteiger partial charge in [-0.25, -0.2) is 0 Å². The third-order valence-corrected chi connectivity index (χ3v) is 3.51. The van der Waals surface area contributed by atoms with Gasteiger partial charge < -0.3 is 4.90 Å². The first-order valence-corrected chi connectivity index (χ1v) is 6.49. The second-order valence-electron chi connectivity index (χ2n) is 3.90. The molecule has 86 valence electrons. The molecular formula is C13H18N2S. The zero-order chi connectivity index (χ0) is 12.1. The minimum atomic E-state index is 0.397. The van der Waals surface area contributed by atoms with E-state index in [1.54, 1.807) is 11.8 Å². The van der Waals surface area contributed by atoms with Crippen molar-refractivity contribution in [3.05, 3.63) is 23.8 Å². The summed E-state index contributed by atoms with van der Waals surface area (Å²) in [5, 5.41) is 9.27. The first kappa shape index (κ1) is 12.9. The quantitative estimate of drug-likeness (QED) is 0.746. The zero-order valence-corrected chi connectivity index (χ0v) is 11.1. The van der Waals surface area contributed by atoms with Crippen LogP contribution in [0, 0.1) is 11.3 Å². The van der Waals surface area contributed by atoms with Gasteiger partial charge in [-0.1, -0.05) is 13.0 Å². The van der Waals surface area contributed by atoms with Crippen LogP contribution < -0.4 is 4.90 Å². The largest absolute Gasteiger partial charge is 0.371 e. The van der Waals surface area contributed by atoms with Gasteiger partial charge in [0.05, 0.1) is 11.3 Å². The monoisotopic (exact) mass is 234 g/mol. The molecule has 16 heavy (non-hydrogen) atoms. The van der Waals surface area contributed by atoms with Gasteiger partial charge >= 0.3 is 0 Å². The summed E-state index contributed by atoms with van der Waals surface area (Å²) in [6.07, 6.45) is 0. The van der Waals surface area contributed by atoms with Gasteiger partial charge in [0.2, 0.25) is 0 Å². The molecule has 0 aliphatic carbocycles. The topological polar surface area (TPSA) is 27.0 Å². The summed E-state index contributed by atoms with van der Waals surface area (Å²) in [5.41, 5.74) is 1.82. The fourth-order valence-electron chi connectivity index (χ4n) is 1.48. The molecule has 1 rings (SSSR count). The lowest BCUT2D eigenvalue weighted by atomic mass is 10.1. The van der Waals surface area contributed by atoms with E-state index in [9.17, 15) is 5.26 Å². The maximum absolute atomic E-state index is 9.27. The molecule has 0 atom stereocenters. The predicted octanol–water partition coefficient (Wildman–Crippen LogP) is 3.51. The molecule has 0 aromatic heterocycles. The zero-order valence-electron chi connectivity index (χ0n) is 10.3. The Labute approximate surface area is 102 Å². The number of nitrogens with zero attached hydrogens (tertiary/aromatic N) is 2. The summed E-state index contributed by atoms with van der Waals surface area (Å²) >= 11 is 1.72. The van der Waals surface area contributed by atoms with Gasteiger partial charge in [-0.2, -0.15) is 5.26 Å². The minimum Gasteiger partial charge on any atom is -0.371 e. The maximum Gasteiger partial charge on any atom is 0.103 e. The van der Waals surface area contributed by atoms with E-state index < -0.39 is 0 Å². The van der Waals surface area contributed by atoms with E-state index in [0.717, 1.165) is 21.9 Å². The van der Waals surface area contributed by atoms with Gasteiger partial charge in [0, 0.05) is 18.0 Å². The lowest BCUT2D eigenvalue weighted by molar-refractivity contribution is 0.752. The standard InChI is InChI=1S/C13H18N2S/c1-5-16-13-8-6-7-12(11(13)9-14)15(4)10(2)3/h6-8,10H,5H2,1-4H3. The summed E-state index contributed by atoms with van der Waals surface area (Å²) in [6.45, 7) is 6.35. The number of anilines is 1. The highest BCUT2D eigenvalue weighted by Crippen LogP contribution is 2.30. The molecule has 0 saturated heterocycles. The predicted molar refractivity (Wildman–Crippen MR) is 71.1 cm³/mol. The van der Waals surface area contributed by atoms with Crippen LogP contribution in [-0.4, -0.2) is 18.8 Å². The second kappa shape index (κ2) is 5.81. The molecule has 0 aliphatic heterocycles. The molecule has 2 nitrogen and oxygen atoms in total. The number of hydrogen-bond donors (Lipinski definition) is 0. The third-order valence-electron chi connectivity index (χ3n) is 2.57. The van der Waals surface area contributed by atoms with E-state index in [0.29, 0.717) is 6.04 Å². The smallest absolute Gasteiger partial charge is 0.103 e. The fraction of sp³-hybridized carbons (Fsp3) is 0.462. The van der Waals surface area contributed by atoms with Crippen molar-refractivity contribution in [2.24, 2.45) is 0 Å². The van der Waals surface area contributed by atoms with Gasteiger partial charge in [-0.3, -0.25) is 0 Å². The van der Waals surface area contributed by atoms with Crippen LogP contribution in [0.4, 0.5) is 5.69 Å². The van der Waals surface area contributed by atoms with Gasteiger partial charge in [-0.05, 0) is 31.7 Å². The molecule has 0 fully saturated rings. The third kappa shape index (κ3) is 2.70. The average molecular weight is 234 g/mol. The van der Waals surface area contributed by atoms with E-state index >= 15 is 0 Å². The Morgan fingerprint density at radius 3 is 2.62 bits per heavy atom. The first-order valence-electron chi connectivity index (χ1n) is 5.50. The van der Waals surface area contributed by atoms with Crippen molar-refractivity contribution in [1.82, 2.24) is 0 Å². The summed E-state index contributed by atoms with van der Waals surface area (Å²) < 4.78 is 0. The number of nitriles is 1. The molecule has 0 spiro atoms. The SMILES string of the molecule is CCSc1cccc(N(C)C(C)C)c1C#N. The van der Waals surface area contributed by atoms with Crippen molar-refractivity contribution >= 4 is 17.4 Å². The molecule has 0 unspecified atom stereocenters. The summed E-state index contributed by atoms with van der Waals surface area (Å²) in [7, 11) is 2.03. The Morgan fingerprint density at radius 2 is 2.12 bits per heavy atom. The lowest BCUT2D eigenvalue weighted by Crippen LogP contribution is -2.26. The fourth-order valence-corrected chi connectivity index (χ4v) is 2.26. The van der Waals surface area contributed by atoms with Gasteiger partial charge in [0.15, 0.2) is 0 Å². The van der Waals surface area contributed by atoms with Gasteiger partial charge in [0.1, 0.15) is 6.07 Å². The molecule has 0 amide bonds. The Balaban J connectivity index is 3.19. The van der Waals surface area contributed by atoms with Crippen LogP contribution in [0.1, 0.15) is 26.3 Å². The molecule has 0 bridgehead atoms. The molecule has 0 radical (unpaired) electrons. The number of benzene rings is 1. The Hall–Kier alpha value is -1.14. The van der Waals surface area contributed by atoms with E-state index in [2.05, 4.69) is 31.7 Å². The average Bonchev–Trinajstić information content (AvgIpc) is 2.28. The van der Waals surface area contributed by atoms with Crippen molar-refractivity contribution in [2.75, 3.05) is 17.7 Å². The Morgan fingerprint density at radius 1 is 1.44 bits per heavy atom. The summed E-state index contributed by atoms with van der Waals surface area (Å²) in [6, 6.07) is 8.77. The first-order chi connectivity index (χ1) is 7.61. The highest BCUT2D eigenvalue weighted by molar-refractivity contribution is 7.99. The van der Waals surface area contributed by atoms with Crippen LogP contribution in [-0.2, 0) is 0 Å². The van der Waals surface area contributed by atoms with Gasteiger partial charge in [-0.15, -0.1) is 11.8 Å². The molecule has 0 N–H and O–H groups in total. The number of thioether (sulfide) groups is 1. The lowest BCUT2D eigenvalue weighted by Gasteiger charge is -2.25. The van der Waals surface area contributed by atoms with Crippen LogP contribution in [0.15, 0.2) is 23.1 Å². The van der Waals surface area contributed by atoms with Crippen molar-refractivity contribution in [3.63, 3.8) is 0 Å². The van der Waals surface area contributed by atoms with Crippen molar-refractivity contribution in [3.8, 4) is 6.07 Å². The van der Waals surface area contributed by atoms with Crippen molar-refractivity contribution in [2.45, 2.75) is 31.7 Å². The molecule has 0 saturated carbocycles. The van der Waals surface area contributed by atoms with Crippen LogP contribution in [0.25, 0.3) is 0 Å². The number of hydrogen-bond acceptors (Lipinski definition) is 3.